The lowest BCUT2D eigenvalue weighted by atomic mass is 9.90. The number of carboxylic acid groups (broad SMARTS) is 1. The molecule has 6 nitrogen and oxygen atoms in total. The number of nitrogens with zero attached hydrogens (tertiary/aromatic N) is 2. The highest BCUT2D eigenvalue weighted by molar-refractivity contribution is 5.85. The Morgan fingerprint density at radius 2 is 1.85 bits per heavy atom. The van der Waals surface area contributed by atoms with E-state index in [4.69, 9.17) is 5.73 Å². The first-order valence-corrected chi connectivity index (χ1v) is 7.49. The maximum absolute atomic E-state index is 12.4. The summed E-state index contributed by atoms with van der Waals surface area (Å²) in [5, 5.41) is 9.34. The van der Waals surface area contributed by atoms with Crippen molar-refractivity contribution in [3.8, 4) is 0 Å². The van der Waals surface area contributed by atoms with Crippen molar-refractivity contribution >= 4 is 11.9 Å². The van der Waals surface area contributed by atoms with Gasteiger partial charge >= 0.3 is 5.97 Å². The fourth-order valence-corrected chi connectivity index (χ4v) is 3.24. The number of nitrogens with two attached hydrogens (primary N) is 1. The summed E-state index contributed by atoms with van der Waals surface area (Å²) in [6.07, 6.45) is 3.58. The number of carbonyl (C=O) groups excluding carboxylic acids is 1. The minimum absolute atomic E-state index is 0.0278. The predicted molar refractivity (Wildman–Crippen MR) is 75.2 cm³/mol. The highest BCUT2D eigenvalue weighted by Gasteiger charge is 2.37. The van der Waals surface area contributed by atoms with Gasteiger partial charge in [0.15, 0.2) is 0 Å². The van der Waals surface area contributed by atoms with Crippen LogP contribution in [0.3, 0.4) is 0 Å². The lowest BCUT2D eigenvalue weighted by Crippen LogP contribution is -2.55. The smallest absolute Gasteiger partial charge is 0.326 e. The molecule has 1 amide bonds. The molecule has 6 heteroatoms. The van der Waals surface area contributed by atoms with Gasteiger partial charge < -0.3 is 15.7 Å². The van der Waals surface area contributed by atoms with Crippen molar-refractivity contribution in [1.82, 2.24) is 9.80 Å². The van der Waals surface area contributed by atoms with E-state index in [1.165, 1.54) is 0 Å². The molecule has 2 fully saturated rings. The van der Waals surface area contributed by atoms with Crippen LogP contribution in [0.4, 0.5) is 0 Å². The minimum Gasteiger partial charge on any atom is -0.480 e. The third-order valence-corrected chi connectivity index (χ3v) is 4.50. The number of aliphatic carboxylic acids is 1. The molecule has 2 aliphatic heterocycles. The summed E-state index contributed by atoms with van der Waals surface area (Å²) in [7, 11) is 0. The van der Waals surface area contributed by atoms with Gasteiger partial charge in [0.2, 0.25) is 5.91 Å². The highest BCUT2D eigenvalue weighted by atomic mass is 16.4. The van der Waals surface area contributed by atoms with Crippen LogP contribution in [0.1, 0.15) is 32.6 Å². The summed E-state index contributed by atoms with van der Waals surface area (Å²) in [6.45, 7) is 4.46. The van der Waals surface area contributed by atoms with E-state index < -0.39 is 12.0 Å². The van der Waals surface area contributed by atoms with E-state index in [9.17, 15) is 14.7 Å². The van der Waals surface area contributed by atoms with E-state index in [2.05, 4.69) is 4.90 Å². The molecule has 0 aromatic rings. The van der Waals surface area contributed by atoms with Gasteiger partial charge in [0.25, 0.3) is 0 Å². The maximum atomic E-state index is 12.4. The van der Waals surface area contributed by atoms with Gasteiger partial charge in [-0.05, 0) is 31.6 Å². The first kappa shape index (κ1) is 15.3. The zero-order chi connectivity index (χ0) is 14.7. The Kier molecular flexibility index (Phi) is 4.99. The Hall–Kier alpha value is -1.14. The summed E-state index contributed by atoms with van der Waals surface area (Å²) < 4.78 is 0. The molecule has 2 unspecified atom stereocenters. The second-order valence-electron chi connectivity index (χ2n) is 6.10. The summed E-state index contributed by atoms with van der Waals surface area (Å²) in [4.78, 5) is 27.4. The van der Waals surface area contributed by atoms with Crippen molar-refractivity contribution in [2.45, 2.75) is 44.7 Å². The Bertz CT molecular complexity index is 367. The first-order valence-electron chi connectivity index (χ1n) is 7.49. The zero-order valence-electron chi connectivity index (χ0n) is 12.1. The molecule has 0 aliphatic carbocycles. The van der Waals surface area contributed by atoms with Crippen molar-refractivity contribution in [2.24, 2.45) is 11.7 Å². The van der Waals surface area contributed by atoms with Gasteiger partial charge in [0.1, 0.15) is 6.04 Å². The van der Waals surface area contributed by atoms with Gasteiger partial charge in [-0.1, -0.05) is 6.92 Å². The van der Waals surface area contributed by atoms with Gasteiger partial charge in [0.05, 0.1) is 6.54 Å². The van der Waals surface area contributed by atoms with E-state index in [0.717, 1.165) is 38.8 Å². The number of carbonyl (C=O) groups is 2. The Morgan fingerprint density at radius 1 is 1.20 bits per heavy atom. The monoisotopic (exact) mass is 283 g/mol. The second-order valence-corrected chi connectivity index (χ2v) is 6.10. The Balaban J connectivity index is 1.94. The van der Waals surface area contributed by atoms with Gasteiger partial charge in [-0.2, -0.15) is 0 Å². The average molecular weight is 283 g/mol. The molecule has 0 radical (unpaired) electrons. The number of hydrogen-bond acceptors (Lipinski definition) is 4. The normalized spacial score (nSPS) is 29.4. The van der Waals surface area contributed by atoms with Crippen LogP contribution in [0.15, 0.2) is 0 Å². The molecule has 2 atom stereocenters. The quantitative estimate of drug-likeness (QED) is 0.768. The van der Waals surface area contributed by atoms with Crippen LogP contribution in [0.2, 0.25) is 0 Å². The largest absolute Gasteiger partial charge is 0.480 e. The van der Waals surface area contributed by atoms with Crippen molar-refractivity contribution in [3.63, 3.8) is 0 Å². The van der Waals surface area contributed by atoms with Crippen molar-refractivity contribution in [3.05, 3.63) is 0 Å². The summed E-state index contributed by atoms with van der Waals surface area (Å²) in [5.41, 5.74) is 5.85. The van der Waals surface area contributed by atoms with E-state index in [1.807, 2.05) is 6.92 Å². The molecule has 2 rings (SSSR count). The van der Waals surface area contributed by atoms with E-state index >= 15 is 0 Å². The molecule has 3 N–H and O–H groups in total. The van der Waals surface area contributed by atoms with Crippen molar-refractivity contribution < 1.29 is 14.7 Å². The molecule has 114 valence electrons. The third-order valence-electron chi connectivity index (χ3n) is 4.50. The third kappa shape index (κ3) is 3.49. The molecule has 0 bridgehead atoms. The Morgan fingerprint density at radius 3 is 2.45 bits per heavy atom. The van der Waals surface area contributed by atoms with E-state index in [1.54, 1.807) is 4.90 Å². The molecule has 0 spiro atoms. The standard InChI is InChI=1S/C14H25N3O3/c1-10-3-2-6-17(13(10)14(19)20)12(18)9-16-7-4-11(15)5-8-16/h10-11,13H,2-9,15H2,1H3,(H,19,20). The molecular formula is C14H25N3O3. The van der Waals surface area contributed by atoms with Crippen LogP contribution < -0.4 is 5.73 Å². The van der Waals surface area contributed by atoms with Gasteiger partial charge in [-0.15, -0.1) is 0 Å². The fraction of sp³-hybridized carbons (Fsp3) is 0.857. The Labute approximate surface area is 119 Å². The molecular weight excluding hydrogens is 258 g/mol. The predicted octanol–water partition coefficient (Wildman–Crippen LogP) is 0.121. The maximum Gasteiger partial charge on any atom is 0.326 e. The topological polar surface area (TPSA) is 86.9 Å². The molecule has 2 aliphatic rings. The van der Waals surface area contributed by atoms with Crippen LogP contribution in [0.5, 0.6) is 0 Å². The summed E-state index contributed by atoms with van der Waals surface area (Å²) in [5.74, 6) is -0.911. The van der Waals surface area contributed by atoms with E-state index in [-0.39, 0.29) is 17.9 Å². The zero-order valence-corrected chi connectivity index (χ0v) is 12.1. The average Bonchev–Trinajstić information content (AvgIpc) is 2.40. The van der Waals surface area contributed by atoms with Crippen molar-refractivity contribution in [1.29, 1.82) is 0 Å². The summed E-state index contributed by atoms with van der Waals surface area (Å²) >= 11 is 0. The van der Waals surface area contributed by atoms with Crippen LogP contribution in [0, 0.1) is 5.92 Å². The first-order chi connectivity index (χ1) is 9.49. The number of carboxylic acids is 1. The lowest BCUT2D eigenvalue weighted by molar-refractivity contribution is -0.155. The number of piperidine rings is 2. The molecule has 0 aromatic carbocycles. The number of hydrogen-bond donors (Lipinski definition) is 2. The fourth-order valence-electron chi connectivity index (χ4n) is 3.24. The molecule has 2 heterocycles. The number of amides is 1. The van der Waals surface area contributed by atoms with Crippen LogP contribution >= 0.6 is 0 Å². The number of rotatable bonds is 3. The highest BCUT2D eigenvalue weighted by Crippen LogP contribution is 2.24. The van der Waals surface area contributed by atoms with Gasteiger partial charge in [-0.3, -0.25) is 9.69 Å². The van der Waals surface area contributed by atoms with Crippen molar-refractivity contribution in [2.75, 3.05) is 26.2 Å². The lowest BCUT2D eigenvalue weighted by Gasteiger charge is -2.39. The molecule has 0 saturated carbocycles. The van der Waals surface area contributed by atoms with Gasteiger partial charge in [0, 0.05) is 25.7 Å². The summed E-state index contributed by atoms with van der Waals surface area (Å²) in [6, 6.07) is -0.425. The molecule has 2 saturated heterocycles. The van der Waals surface area contributed by atoms with Crippen LogP contribution in [-0.4, -0.2) is 65.0 Å². The second kappa shape index (κ2) is 6.54. The van der Waals surface area contributed by atoms with Crippen LogP contribution in [-0.2, 0) is 9.59 Å². The molecule has 20 heavy (non-hydrogen) atoms. The SMILES string of the molecule is CC1CCCN(C(=O)CN2CCC(N)CC2)C1C(=O)O. The van der Waals surface area contributed by atoms with Crippen LogP contribution in [0.25, 0.3) is 0 Å². The van der Waals surface area contributed by atoms with Gasteiger partial charge in [-0.25, -0.2) is 4.79 Å². The van der Waals surface area contributed by atoms with E-state index in [0.29, 0.717) is 13.1 Å². The number of likely N-dealkylation sites (tertiary alicyclic amines) is 2. The minimum atomic E-state index is -0.883. The molecule has 0 aromatic heterocycles.